The van der Waals surface area contributed by atoms with Gasteiger partial charge in [-0.15, -0.1) is 0 Å². The van der Waals surface area contributed by atoms with Crippen molar-refractivity contribution >= 4 is 5.91 Å². The Morgan fingerprint density at radius 3 is 2.75 bits per heavy atom. The van der Waals surface area contributed by atoms with E-state index in [0.717, 1.165) is 6.42 Å². The zero-order valence-corrected chi connectivity index (χ0v) is 6.69. The third-order valence-corrected chi connectivity index (χ3v) is 2.47. The Morgan fingerprint density at radius 1 is 1.58 bits per heavy atom. The van der Waals surface area contributed by atoms with E-state index in [-0.39, 0.29) is 24.4 Å². The van der Waals surface area contributed by atoms with Gasteiger partial charge in [0.15, 0.2) is 0 Å². The Kier molecular flexibility index (Phi) is 1.74. The van der Waals surface area contributed by atoms with Gasteiger partial charge in [0.25, 0.3) is 0 Å². The maximum absolute atomic E-state index is 11.3. The van der Waals surface area contributed by atoms with Crippen LogP contribution in [0.15, 0.2) is 0 Å². The highest BCUT2D eigenvalue weighted by Gasteiger charge is 2.44. The average Bonchev–Trinajstić information content (AvgIpc) is 2.05. The molecule has 0 saturated carbocycles. The van der Waals surface area contributed by atoms with E-state index in [1.807, 2.05) is 6.07 Å². The maximum atomic E-state index is 11.3. The van der Waals surface area contributed by atoms with Crippen molar-refractivity contribution in [2.45, 2.75) is 24.9 Å². The second kappa shape index (κ2) is 2.76. The average molecular weight is 166 g/mol. The van der Waals surface area contributed by atoms with Gasteiger partial charge in [0.1, 0.15) is 6.42 Å². The highest BCUT2D eigenvalue weighted by molar-refractivity contribution is 5.80. The van der Waals surface area contributed by atoms with E-state index in [1.165, 1.54) is 0 Å². The fraction of sp³-hybridized carbons (Fsp3) is 0.750. The summed E-state index contributed by atoms with van der Waals surface area (Å²) < 4.78 is 5.21. The molecule has 0 aromatic rings. The van der Waals surface area contributed by atoms with Crippen molar-refractivity contribution in [2.75, 3.05) is 13.2 Å². The smallest absolute Gasteiger partial charge is 0.237 e. The summed E-state index contributed by atoms with van der Waals surface area (Å²) in [5, 5.41) is 8.34. The number of morpholine rings is 1. The molecular weight excluding hydrogens is 156 g/mol. The van der Waals surface area contributed by atoms with Gasteiger partial charge < -0.3 is 9.64 Å². The van der Waals surface area contributed by atoms with Crippen LogP contribution in [0.1, 0.15) is 12.8 Å². The zero-order chi connectivity index (χ0) is 8.55. The SMILES string of the molecule is N#CCC(=O)N1C2COCC1C2. The van der Waals surface area contributed by atoms with Gasteiger partial charge in [-0.3, -0.25) is 4.79 Å². The van der Waals surface area contributed by atoms with Crippen LogP contribution in [0, 0.1) is 11.3 Å². The number of nitrogens with zero attached hydrogens (tertiary/aromatic N) is 2. The van der Waals surface area contributed by atoms with Crippen molar-refractivity contribution in [3.63, 3.8) is 0 Å². The molecule has 3 heterocycles. The third kappa shape index (κ3) is 0.978. The van der Waals surface area contributed by atoms with E-state index < -0.39 is 0 Å². The molecule has 3 aliphatic rings. The molecule has 0 aromatic carbocycles. The van der Waals surface area contributed by atoms with Gasteiger partial charge >= 0.3 is 0 Å². The lowest BCUT2D eigenvalue weighted by molar-refractivity contribution is -0.166. The van der Waals surface area contributed by atoms with Crippen LogP contribution in [-0.2, 0) is 9.53 Å². The molecule has 3 aliphatic heterocycles. The molecule has 0 radical (unpaired) electrons. The van der Waals surface area contributed by atoms with Gasteiger partial charge in [-0.25, -0.2) is 0 Å². The molecule has 0 spiro atoms. The van der Waals surface area contributed by atoms with Crippen LogP contribution in [0.5, 0.6) is 0 Å². The molecule has 3 fully saturated rings. The Labute approximate surface area is 70.7 Å². The summed E-state index contributed by atoms with van der Waals surface area (Å²) in [5.41, 5.74) is 0. The van der Waals surface area contributed by atoms with E-state index in [9.17, 15) is 4.79 Å². The van der Waals surface area contributed by atoms with Crippen molar-refractivity contribution in [2.24, 2.45) is 0 Å². The first kappa shape index (κ1) is 7.56. The lowest BCUT2D eigenvalue weighted by Crippen LogP contribution is -2.65. The monoisotopic (exact) mass is 166 g/mol. The molecule has 2 bridgehead atoms. The predicted molar refractivity (Wildman–Crippen MR) is 40.1 cm³/mol. The van der Waals surface area contributed by atoms with Crippen LogP contribution in [-0.4, -0.2) is 36.1 Å². The van der Waals surface area contributed by atoms with Gasteiger partial charge in [-0.2, -0.15) is 5.26 Å². The quantitative estimate of drug-likeness (QED) is 0.546. The van der Waals surface area contributed by atoms with Crippen molar-refractivity contribution in [1.82, 2.24) is 4.90 Å². The zero-order valence-electron chi connectivity index (χ0n) is 6.69. The number of ether oxygens (including phenoxy) is 1. The van der Waals surface area contributed by atoms with E-state index in [4.69, 9.17) is 10.00 Å². The van der Waals surface area contributed by atoms with Gasteiger partial charge in [0, 0.05) is 0 Å². The minimum Gasteiger partial charge on any atom is -0.377 e. The third-order valence-electron chi connectivity index (χ3n) is 2.47. The molecular formula is C8H10N2O2. The van der Waals surface area contributed by atoms with Crippen LogP contribution in [0.4, 0.5) is 0 Å². The van der Waals surface area contributed by atoms with Gasteiger partial charge in [-0.1, -0.05) is 0 Å². The summed E-state index contributed by atoms with van der Waals surface area (Å²) in [6.45, 7) is 1.29. The molecule has 2 unspecified atom stereocenters. The molecule has 3 saturated heterocycles. The van der Waals surface area contributed by atoms with Crippen molar-refractivity contribution in [1.29, 1.82) is 5.26 Å². The Balaban J connectivity index is 1.98. The van der Waals surface area contributed by atoms with E-state index in [2.05, 4.69) is 0 Å². The maximum Gasteiger partial charge on any atom is 0.237 e. The van der Waals surface area contributed by atoms with Crippen molar-refractivity contribution < 1.29 is 9.53 Å². The topological polar surface area (TPSA) is 53.3 Å². The summed E-state index contributed by atoms with van der Waals surface area (Å²) in [4.78, 5) is 13.1. The fourth-order valence-corrected chi connectivity index (χ4v) is 1.90. The van der Waals surface area contributed by atoms with Gasteiger partial charge in [0.05, 0.1) is 31.4 Å². The Bertz CT molecular complexity index is 232. The summed E-state index contributed by atoms with van der Waals surface area (Å²) >= 11 is 0. The van der Waals surface area contributed by atoms with Crippen LogP contribution in [0.25, 0.3) is 0 Å². The number of nitriles is 1. The first-order valence-electron chi connectivity index (χ1n) is 4.09. The normalized spacial score (nSPS) is 32.1. The number of fused-ring (bicyclic) bond motifs is 2. The molecule has 4 nitrogen and oxygen atoms in total. The van der Waals surface area contributed by atoms with Crippen LogP contribution >= 0.6 is 0 Å². The highest BCUT2D eigenvalue weighted by atomic mass is 16.5. The molecule has 0 aromatic heterocycles. The first-order chi connectivity index (χ1) is 5.83. The van der Waals surface area contributed by atoms with E-state index in [1.54, 1.807) is 4.90 Å². The number of amides is 1. The van der Waals surface area contributed by atoms with E-state index in [0.29, 0.717) is 13.2 Å². The largest absolute Gasteiger partial charge is 0.377 e. The molecule has 12 heavy (non-hydrogen) atoms. The van der Waals surface area contributed by atoms with Gasteiger partial charge in [-0.05, 0) is 6.42 Å². The molecule has 0 aliphatic carbocycles. The molecule has 2 atom stereocenters. The lowest BCUT2D eigenvalue weighted by Gasteiger charge is -2.52. The molecule has 3 rings (SSSR count). The van der Waals surface area contributed by atoms with Crippen molar-refractivity contribution in [3.05, 3.63) is 0 Å². The minimum absolute atomic E-state index is 0.00694. The number of rotatable bonds is 1. The molecule has 1 amide bonds. The van der Waals surface area contributed by atoms with Crippen molar-refractivity contribution in [3.8, 4) is 6.07 Å². The number of carbonyl (C=O) groups excluding carboxylic acids is 1. The summed E-state index contributed by atoms with van der Waals surface area (Å²) in [6.07, 6.45) is 1.06. The molecule has 64 valence electrons. The number of hydrogen-bond acceptors (Lipinski definition) is 3. The minimum atomic E-state index is -0.0398. The summed E-state index contributed by atoms with van der Waals surface area (Å²) in [6, 6.07) is 2.38. The highest BCUT2D eigenvalue weighted by Crippen LogP contribution is 2.30. The van der Waals surface area contributed by atoms with Crippen LogP contribution in [0.2, 0.25) is 0 Å². The number of hydrogen-bond donors (Lipinski definition) is 0. The summed E-state index contributed by atoms with van der Waals surface area (Å²) in [5.74, 6) is -0.0398. The predicted octanol–water partition coefficient (Wildman–Crippen LogP) is -0.100. The summed E-state index contributed by atoms with van der Waals surface area (Å²) in [7, 11) is 0. The second-order valence-corrected chi connectivity index (χ2v) is 3.22. The van der Waals surface area contributed by atoms with Crippen LogP contribution in [0.3, 0.4) is 0 Å². The first-order valence-corrected chi connectivity index (χ1v) is 4.09. The second-order valence-electron chi connectivity index (χ2n) is 3.22. The standard InChI is InChI=1S/C8H10N2O2/c9-2-1-8(11)10-6-3-7(10)5-12-4-6/h6-7H,1,3-5H2. The van der Waals surface area contributed by atoms with Crippen LogP contribution < -0.4 is 0 Å². The molecule has 4 heteroatoms. The fourth-order valence-electron chi connectivity index (χ4n) is 1.90. The Hall–Kier alpha value is -1.08. The Morgan fingerprint density at radius 2 is 2.25 bits per heavy atom. The number of carbonyl (C=O) groups is 1. The van der Waals surface area contributed by atoms with E-state index >= 15 is 0 Å². The lowest BCUT2D eigenvalue weighted by atomic mass is 9.91. The van der Waals surface area contributed by atoms with Gasteiger partial charge in [0.2, 0.25) is 5.91 Å². The molecule has 0 N–H and O–H groups in total.